The third-order valence-corrected chi connectivity index (χ3v) is 1.94. The van der Waals surface area contributed by atoms with E-state index in [0.717, 1.165) is 0 Å². The van der Waals surface area contributed by atoms with Crippen LogP contribution in [-0.2, 0) is 0 Å². The van der Waals surface area contributed by atoms with Crippen LogP contribution in [0.3, 0.4) is 0 Å². The number of rotatable bonds is 2. The highest BCUT2D eigenvalue weighted by Gasteiger charge is 2.15. The number of benzene rings is 1. The molecule has 0 unspecified atom stereocenters. The van der Waals surface area contributed by atoms with Crippen molar-refractivity contribution in [1.29, 1.82) is 0 Å². The monoisotopic (exact) mass is 219 g/mol. The molecule has 0 fully saturated rings. The van der Waals surface area contributed by atoms with Crippen molar-refractivity contribution in [3.63, 3.8) is 0 Å². The van der Waals surface area contributed by atoms with Crippen molar-refractivity contribution in [2.75, 3.05) is 5.73 Å². The Kier molecular flexibility index (Phi) is 2.47. The molecule has 0 spiro atoms. The molecule has 1 heterocycles. The van der Waals surface area contributed by atoms with Gasteiger partial charge in [0.05, 0.1) is 11.9 Å². The highest BCUT2D eigenvalue weighted by molar-refractivity contribution is 5.94. The van der Waals surface area contributed by atoms with Gasteiger partial charge in [-0.05, 0) is 12.1 Å². The van der Waals surface area contributed by atoms with Crippen LogP contribution in [0.15, 0.2) is 30.5 Å². The third kappa shape index (κ3) is 1.81. The molecule has 16 heavy (non-hydrogen) atoms. The zero-order valence-corrected chi connectivity index (χ0v) is 8.18. The number of hydrogen-bond acceptors (Lipinski definition) is 5. The molecule has 0 saturated heterocycles. The maximum absolute atomic E-state index is 11.6. The second-order valence-electron chi connectivity index (χ2n) is 3.06. The van der Waals surface area contributed by atoms with E-state index in [2.05, 4.69) is 10.2 Å². The maximum atomic E-state index is 11.6. The van der Waals surface area contributed by atoms with Gasteiger partial charge in [0.15, 0.2) is 17.2 Å². The molecule has 1 aromatic heterocycles. The Morgan fingerprint density at radius 3 is 2.81 bits per heavy atom. The molecule has 0 aliphatic carbocycles. The predicted octanol–water partition coefficient (Wildman–Crippen LogP) is 0.917. The first-order valence-electron chi connectivity index (χ1n) is 4.47. The number of phenols is 1. The van der Waals surface area contributed by atoms with E-state index in [4.69, 9.17) is 10.5 Å². The van der Waals surface area contributed by atoms with Gasteiger partial charge in [0.1, 0.15) is 0 Å². The van der Waals surface area contributed by atoms with Crippen LogP contribution < -0.4 is 10.5 Å². The lowest BCUT2D eigenvalue weighted by molar-refractivity contribution is 0.0724. The van der Waals surface area contributed by atoms with Crippen LogP contribution in [0.5, 0.6) is 11.5 Å². The van der Waals surface area contributed by atoms with Gasteiger partial charge in [0.2, 0.25) is 0 Å². The fourth-order valence-corrected chi connectivity index (χ4v) is 1.15. The Hall–Kier alpha value is -2.50. The van der Waals surface area contributed by atoms with E-state index in [-0.39, 0.29) is 22.9 Å². The fraction of sp³-hybridized carbons (Fsp3) is 0. The van der Waals surface area contributed by atoms with Crippen LogP contribution >= 0.6 is 0 Å². The molecule has 1 aromatic carbocycles. The summed E-state index contributed by atoms with van der Waals surface area (Å²) in [6.07, 6.45) is 1.31. The van der Waals surface area contributed by atoms with E-state index in [0.29, 0.717) is 0 Å². The van der Waals surface area contributed by atoms with Crippen molar-refractivity contribution < 1.29 is 14.6 Å². The highest BCUT2D eigenvalue weighted by atomic mass is 16.5. The third-order valence-electron chi connectivity index (χ3n) is 1.94. The van der Waals surface area contributed by atoms with Crippen LogP contribution in [-0.4, -0.2) is 21.3 Å². The maximum Gasteiger partial charge on any atom is 0.364 e. The molecule has 0 amide bonds. The molecule has 6 heteroatoms. The Morgan fingerprint density at radius 1 is 1.44 bits per heavy atom. The molecule has 0 atom stereocenters. The number of nitrogens with one attached hydrogen (secondary N) is 1. The van der Waals surface area contributed by atoms with E-state index in [1.165, 1.54) is 18.3 Å². The minimum absolute atomic E-state index is 0.0586. The second-order valence-corrected chi connectivity index (χ2v) is 3.06. The molecule has 2 aromatic rings. The standard InChI is InChI=1S/C10H9N3O3/c11-6-5-12-13-9(6)10(15)16-8-4-2-1-3-7(8)14/h1-5,14H,11H2,(H,12,13). The summed E-state index contributed by atoms with van der Waals surface area (Å²) in [6.45, 7) is 0. The Balaban J connectivity index is 2.21. The lowest BCUT2D eigenvalue weighted by atomic mass is 10.3. The number of hydrogen-bond donors (Lipinski definition) is 3. The minimum atomic E-state index is -0.698. The number of H-pyrrole nitrogens is 1. The Morgan fingerprint density at radius 2 is 2.19 bits per heavy atom. The quantitative estimate of drug-likeness (QED) is 0.515. The van der Waals surface area contributed by atoms with Crippen molar-refractivity contribution in [1.82, 2.24) is 10.2 Å². The van der Waals surface area contributed by atoms with Gasteiger partial charge >= 0.3 is 5.97 Å². The summed E-state index contributed by atoms with van der Waals surface area (Å²) in [4.78, 5) is 11.6. The lowest BCUT2D eigenvalue weighted by Gasteiger charge is -2.04. The van der Waals surface area contributed by atoms with Crippen molar-refractivity contribution in [2.45, 2.75) is 0 Å². The average molecular weight is 219 g/mol. The SMILES string of the molecule is Nc1cn[nH]c1C(=O)Oc1ccccc1O. The van der Waals surface area contributed by atoms with Gasteiger partial charge in [-0.25, -0.2) is 4.79 Å². The number of carbonyl (C=O) groups is 1. The molecular formula is C10H9N3O3. The van der Waals surface area contributed by atoms with Gasteiger partial charge in [-0.15, -0.1) is 0 Å². The summed E-state index contributed by atoms with van der Waals surface area (Å²) >= 11 is 0. The largest absolute Gasteiger partial charge is 0.504 e. The van der Waals surface area contributed by atoms with Gasteiger partial charge < -0.3 is 15.6 Å². The number of ether oxygens (including phenoxy) is 1. The van der Waals surface area contributed by atoms with Crippen LogP contribution in [0.25, 0.3) is 0 Å². The normalized spacial score (nSPS) is 10.0. The van der Waals surface area contributed by atoms with Gasteiger partial charge in [-0.1, -0.05) is 12.1 Å². The molecule has 0 aliphatic heterocycles. The zero-order valence-electron chi connectivity index (χ0n) is 8.18. The van der Waals surface area contributed by atoms with Crippen LogP contribution in [0, 0.1) is 0 Å². The summed E-state index contributed by atoms with van der Waals surface area (Å²) < 4.78 is 4.93. The van der Waals surface area contributed by atoms with Gasteiger partial charge in [-0.3, -0.25) is 5.10 Å². The van der Waals surface area contributed by atoms with E-state index >= 15 is 0 Å². The zero-order chi connectivity index (χ0) is 11.5. The molecular weight excluding hydrogens is 210 g/mol. The highest BCUT2D eigenvalue weighted by Crippen LogP contribution is 2.25. The van der Waals surface area contributed by atoms with Gasteiger partial charge in [0, 0.05) is 0 Å². The topological polar surface area (TPSA) is 101 Å². The number of carbonyl (C=O) groups excluding carboxylic acids is 1. The number of nitrogens with two attached hydrogens (primary N) is 1. The predicted molar refractivity (Wildman–Crippen MR) is 56.1 cm³/mol. The summed E-state index contributed by atoms with van der Waals surface area (Å²) in [6, 6.07) is 6.15. The number of aromatic amines is 1. The number of phenolic OH excluding ortho intramolecular Hbond substituents is 1. The van der Waals surface area contributed by atoms with Crippen molar-refractivity contribution >= 4 is 11.7 Å². The number of para-hydroxylation sites is 2. The van der Waals surface area contributed by atoms with Crippen LogP contribution in [0.4, 0.5) is 5.69 Å². The van der Waals surface area contributed by atoms with Crippen LogP contribution in [0.2, 0.25) is 0 Å². The van der Waals surface area contributed by atoms with Crippen molar-refractivity contribution in [2.24, 2.45) is 0 Å². The van der Waals surface area contributed by atoms with Crippen molar-refractivity contribution in [3.8, 4) is 11.5 Å². The smallest absolute Gasteiger partial charge is 0.364 e. The molecule has 0 radical (unpaired) electrons. The van der Waals surface area contributed by atoms with E-state index in [1.54, 1.807) is 12.1 Å². The molecule has 0 bridgehead atoms. The average Bonchev–Trinajstić information content (AvgIpc) is 2.68. The van der Waals surface area contributed by atoms with Gasteiger partial charge in [0.25, 0.3) is 0 Å². The second kappa shape index (κ2) is 3.93. The van der Waals surface area contributed by atoms with E-state index in [1.807, 2.05) is 0 Å². The number of aromatic hydroxyl groups is 1. The molecule has 2 rings (SSSR count). The lowest BCUT2D eigenvalue weighted by Crippen LogP contribution is -2.11. The molecule has 6 nitrogen and oxygen atoms in total. The first-order chi connectivity index (χ1) is 7.68. The summed E-state index contributed by atoms with van der Waals surface area (Å²) in [5.74, 6) is -0.744. The molecule has 4 N–H and O–H groups in total. The molecule has 0 saturated carbocycles. The Bertz CT molecular complexity index is 522. The molecule has 0 aliphatic rings. The van der Waals surface area contributed by atoms with Crippen LogP contribution in [0.1, 0.15) is 10.5 Å². The first-order valence-corrected chi connectivity index (χ1v) is 4.47. The summed E-state index contributed by atoms with van der Waals surface area (Å²) in [5, 5.41) is 15.4. The number of esters is 1. The number of nitrogen functional groups attached to an aromatic ring is 1. The number of nitrogens with zero attached hydrogens (tertiary/aromatic N) is 1. The summed E-state index contributed by atoms with van der Waals surface area (Å²) in [7, 11) is 0. The number of anilines is 1. The Labute approximate surface area is 90.7 Å². The van der Waals surface area contributed by atoms with Gasteiger partial charge in [-0.2, -0.15) is 5.10 Å². The van der Waals surface area contributed by atoms with E-state index < -0.39 is 5.97 Å². The van der Waals surface area contributed by atoms with E-state index in [9.17, 15) is 9.90 Å². The fourth-order valence-electron chi connectivity index (χ4n) is 1.15. The van der Waals surface area contributed by atoms with Crippen molar-refractivity contribution in [3.05, 3.63) is 36.2 Å². The minimum Gasteiger partial charge on any atom is -0.504 e. The first kappa shape index (κ1) is 10.0. The molecule has 82 valence electrons. The summed E-state index contributed by atoms with van der Waals surface area (Å²) in [5.41, 5.74) is 5.73. The number of aromatic nitrogens is 2.